The van der Waals surface area contributed by atoms with E-state index in [0.29, 0.717) is 18.7 Å². The molecule has 2 aromatic heterocycles. The average molecular weight is 355 g/mol. The molecule has 0 amide bonds. The number of hydrogen-bond donors (Lipinski definition) is 0. The highest BCUT2D eigenvalue weighted by Gasteiger charge is 2.36. The summed E-state index contributed by atoms with van der Waals surface area (Å²) in [7, 11) is 0. The maximum atomic E-state index is 5.58. The Labute approximate surface area is 153 Å². The van der Waals surface area contributed by atoms with Gasteiger partial charge >= 0.3 is 0 Å². The predicted octanol–water partition coefficient (Wildman–Crippen LogP) is 2.17. The van der Waals surface area contributed by atoms with Crippen molar-refractivity contribution in [3.63, 3.8) is 0 Å². The van der Waals surface area contributed by atoms with Crippen molar-refractivity contribution in [3.05, 3.63) is 35.6 Å². The molecule has 0 radical (unpaired) electrons. The summed E-state index contributed by atoms with van der Waals surface area (Å²) in [6, 6.07) is 3.29. The number of piperidine rings is 1. The van der Waals surface area contributed by atoms with Crippen LogP contribution in [0.3, 0.4) is 0 Å². The number of nitrogens with zero attached hydrogens (tertiary/aromatic N) is 5. The van der Waals surface area contributed by atoms with Gasteiger partial charge in [-0.15, -0.1) is 0 Å². The van der Waals surface area contributed by atoms with Crippen molar-refractivity contribution in [1.29, 1.82) is 0 Å². The van der Waals surface area contributed by atoms with E-state index in [4.69, 9.17) is 9.26 Å². The van der Waals surface area contributed by atoms with Gasteiger partial charge in [-0.2, -0.15) is 0 Å². The third-order valence-electron chi connectivity index (χ3n) is 5.77. The second kappa shape index (κ2) is 6.96. The standard InChI is InChI=1S/C19H25N5O2/c1-2-14(1)24(19-3-7-20-13-21-19)15-4-8-23(9-5-15)11-17-16-12-25-10-6-18(16)26-22-17/h3,7,13-15H,1-2,4-6,8-12H2. The quantitative estimate of drug-likeness (QED) is 0.814. The molecule has 1 saturated carbocycles. The molecule has 7 heteroatoms. The van der Waals surface area contributed by atoms with E-state index in [0.717, 1.165) is 62.8 Å². The summed E-state index contributed by atoms with van der Waals surface area (Å²) in [5.74, 6) is 2.11. The summed E-state index contributed by atoms with van der Waals surface area (Å²) in [5.41, 5.74) is 2.24. The fourth-order valence-electron chi connectivity index (χ4n) is 4.23. The van der Waals surface area contributed by atoms with Crippen molar-refractivity contribution in [2.24, 2.45) is 0 Å². The number of anilines is 1. The van der Waals surface area contributed by atoms with Crippen LogP contribution in [0.5, 0.6) is 0 Å². The Hall–Kier alpha value is -1.99. The molecule has 4 heterocycles. The van der Waals surface area contributed by atoms with E-state index in [-0.39, 0.29) is 0 Å². The molecule has 3 aliphatic rings. The Bertz CT molecular complexity index is 738. The molecule has 7 nitrogen and oxygen atoms in total. The molecule has 2 aromatic rings. The van der Waals surface area contributed by atoms with Crippen LogP contribution in [0, 0.1) is 0 Å². The van der Waals surface area contributed by atoms with Crippen LogP contribution in [0.1, 0.15) is 42.7 Å². The summed E-state index contributed by atoms with van der Waals surface area (Å²) in [5, 5.41) is 4.31. The number of likely N-dealkylation sites (tertiary alicyclic amines) is 1. The number of ether oxygens (including phenoxy) is 1. The lowest BCUT2D eigenvalue weighted by atomic mass is 10.0. The van der Waals surface area contributed by atoms with Crippen molar-refractivity contribution in [2.45, 2.75) is 57.3 Å². The first-order chi connectivity index (χ1) is 12.9. The highest BCUT2D eigenvalue weighted by atomic mass is 16.5. The minimum atomic E-state index is 0.572. The Morgan fingerprint density at radius 2 is 2.00 bits per heavy atom. The molecule has 1 aliphatic carbocycles. The van der Waals surface area contributed by atoms with Gasteiger partial charge in [0.2, 0.25) is 0 Å². The summed E-state index contributed by atoms with van der Waals surface area (Å²) in [4.78, 5) is 13.6. The molecular formula is C19H25N5O2. The van der Waals surface area contributed by atoms with Gasteiger partial charge in [0.25, 0.3) is 0 Å². The fourth-order valence-corrected chi connectivity index (χ4v) is 4.23. The van der Waals surface area contributed by atoms with Crippen LogP contribution in [-0.4, -0.2) is 51.8 Å². The molecule has 0 atom stereocenters. The van der Waals surface area contributed by atoms with E-state index in [1.54, 1.807) is 6.33 Å². The molecule has 138 valence electrons. The average Bonchev–Trinajstić information content (AvgIpc) is 3.45. The van der Waals surface area contributed by atoms with Gasteiger partial charge in [-0.25, -0.2) is 9.97 Å². The summed E-state index contributed by atoms with van der Waals surface area (Å²) >= 11 is 0. The van der Waals surface area contributed by atoms with E-state index in [1.807, 2.05) is 12.3 Å². The molecule has 5 rings (SSSR count). The third-order valence-corrected chi connectivity index (χ3v) is 5.77. The first kappa shape index (κ1) is 16.2. The minimum Gasteiger partial charge on any atom is -0.376 e. The second-order valence-corrected chi connectivity index (χ2v) is 7.55. The lowest BCUT2D eigenvalue weighted by Crippen LogP contribution is -2.46. The molecule has 0 aromatic carbocycles. The molecule has 0 N–H and O–H groups in total. The van der Waals surface area contributed by atoms with Crippen LogP contribution in [0.2, 0.25) is 0 Å². The van der Waals surface area contributed by atoms with Gasteiger partial charge in [-0.05, 0) is 31.7 Å². The molecule has 1 saturated heterocycles. The molecule has 26 heavy (non-hydrogen) atoms. The number of hydrogen-bond acceptors (Lipinski definition) is 7. The Balaban J connectivity index is 1.23. The maximum Gasteiger partial charge on any atom is 0.144 e. The van der Waals surface area contributed by atoms with Crippen LogP contribution in [0.15, 0.2) is 23.1 Å². The summed E-state index contributed by atoms with van der Waals surface area (Å²) in [6.07, 6.45) is 9.26. The van der Waals surface area contributed by atoms with E-state index in [1.165, 1.54) is 18.4 Å². The van der Waals surface area contributed by atoms with Crippen molar-refractivity contribution in [1.82, 2.24) is 20.0 Å². The van der Waals surface area contributed by atoms with Gasteiger partial charge in [0.05, 0.1) is 13.2 Å². The van der Waals surface area contributed by atoms with Crippen molar-refractivity contribution in [3.8, 4) is 0 Å². The van der Waals surface area contributed by atoms with Gasteiger partial charge in [-0.3, -0.25) is 4.90 Å². The zero-order valence-corrected chi connectivity index (χ0v) is 15.0. The lowest BCUT2D eigenvalue weighted by molar-refractivity contribution is 0.102. The molecule has 0 spiro atoms. The topological polar surface area (TPSA) is 67.5 Å². The van der Waals surface area contributed by atoms with Gasteiger partial charge in [-0.1, -0.05) is 5.16 Å². The zero-order valence-electron chi connectivity index (χ0n) is 15.0. The molecule has 0 bridgehead atoms. The highest BCUT2D eigenvalue weighted by Crippen LogP contribution is 2.35. The SMILES string of the molecule is c1cc(N(C2CC2)C2CCN(Cc3noc4c3COCC4)CC2)ncn1. The van der Waals surface area contributed by atoms with Crippen LogP contribution >= 0.6 is 0 Å². The molecule has 2 fully saturated rings. The largest absolute Gasteiger partial charge is 0.376 e. The first-order valence-electron chi connectivity index (χ1n) is 9.69. The Kier molecular flexibility index (Phi) is 4.34. The Morgan fingerprint density at radius 3 is 2.77 bits per heavy atom. The third kappa shape index (κ3) is 3.21. The zero-order chi connectivity index (χ0) is 17.3. The number of rotatable bonds is 5. The highest BCUT2D eigenvalue weighted by molar-refractivity contribution is 5.41. The van der Waals surface area contributed by atoms with Crippen molar-refractivity contribution in [2.75, 3.05) is 24.6 Å². The van der Waals surface area contributed by atoms with Crippen LogP contribution in [0.25, 0.3) is 0 Å². The van der Waals surface area contributed by atoms with Crippen LogP contribution in [-0.2, 0) is 24.3 Å². The first-order valence-corrected chi connectivity index (χ1v) is 9.69. The monoisotopic (exact) mass is 355 g/mol. The molecule has 0 unspecified atom stereocenters. The Morgan fingerprint density at radius 1 is 1.15 bits per heavy atom. The minimum absolute atomic E-state index is 0.572. The summed E-state index contributed by atoms with van der Waals surface area (Å²) in [6.45, 7) is 4.43. The van der Waals surface area contributed by atoms with Gasteiger partial charge in [0, 0.05) is 49.9 Å². The molecule has 2 aliphatic heterocycles. The number of aromatic nitrogens is 3. The van der Waals surface area contributed by atoms with Crippen LogP contribution in [0.4, 0.5) is 5.82 Å². The van der Waals surface area contributed by atoms with E-state index < -0.39 is 0 Å². The lowest BCUT2D eigenvalue weighted by Gasteiger charge is -2.39. The summed E-state index contributed by atoms with van der Waals surface area (Å²) < 4.78 is 11.1. The number of fused-ring (bicyclic) bond motifs is 1. The van der Waals surface area contributed by atoms with Gasteiger partial charge in [0.15, 0.2) is 0 Å². The van der Waals surface area contributed by atoms with Gasteiger partial charge < -0.3 is 14.2 Å². The van der Waals surface area contributed by atoms with Crippen molar-refractivity contribution < 1.29 is 9.26 Å². The van der Waals surface area contributed by atoms with E-state index in [9.17, 15) is 0 Å². The van der Waals surface area contributed by atoms with E-state index >= 15 is 0 Å². The van der Waals surface area contributed by atoms with E-state index in [2.05, 4.69) is 24.9 Å². The molecular weight excluding hydrogens is 330 g/mol. The predicted molar refractivity (Wildman–Crippen MR) is 95.7 cm³/mol. The fraction of sp³-hybridized carbons (Fsp3) is 0.632. The maximum absolute atomic E-state index is 5.58. The van der Waals surface area contributed by atoms with Crippen LogP contribution < -0.4 is 4.90 Å². The van der Waals surface area contributed by atoms with Crippen molar-refractivity contribution >= 4 is 5.82 Å². The normalized spacial score (nSPS) is 21.5. The smallest absolute Gasteiger partial charge is 0.144 e. The second-order valence-electron chi connectivity index (χ2n) is 7.55. The van der Waals surface area contributed by atoms with Gasteiger partial charge in [0.1, 0.15) is 23.6 Å².